The molecule has 3 aromatic heterocycles. The van der Waals surface area contributed by atoms with Gasteiger partial charge in [0, 0.05) is 13.0 Å². The van der Waals surface area contributed by atoms with Crippen LogP contribution in [0, 0.1) is 0 Å². The number of anilines is 1. The zero-order chi connectivity index (χ0) is 20.5. The maximum Gasteiger partial charge on any atom is 0.264 e. The van der Waals surface area contributed by atoms with E-state index in [1.54, 1.807) is 4.68 Å². The number of hydrogen-bond donors (Lipinski definition) is 1. The molecule has 1 N–H and O–H groups in total. The number of benzene rings is 2. The largest absolute Gasteiger partial charge is 0.302 e. The number of nitrogens with one attached hydrogen (secondary N) is 1. The minimum absolute atomic E-state index is 0.135. The normalized spacial score (nSPS) is 11.2. The Morgan fingerprint density at radius 3 is 2.70 bits per heavy atom. The van der Waals surface area contributed by atoms with E-state index >= 15 is 0 Å². The van der Waals surface area contributed by atoms with E-state index < -0.39 is 0 Å². The van der Waals surface area contributed by atoms with E-state index in [0.717, 1.165) is 15.9 Å². The summed E-state index contributed by atoms with van der Waals surface area (Å²) in [5.74, 6) is -0.207. The molecule has 5 aromatic rings. The van der Waals surface area contributed by atoms with Gasteiger partial charge in [-0.3, -0.25) is 14.2 Å². The van der Waals surface area contributed by atoms with Crippen LogP contribution in [0.5, 0.6) is 0 Å². The van der Waals surface area contributed by atoms with Crippen LogP contribution in [-0.4, -0.2) is 30.2 Å². The van der Waals surface area contributed by atoms with Crippen LogP contribution in [0.2, 0.25) is 0 Å². The van der Waals surface area contributed by atoms with Gasteiger partial charge in [-0.25, -0.2) is 14.6 Å². The van der Waals surface area contributed by atoms with Crippen molar-refractivity contribution in [3.8, 4) is 5.69 Å². The Morgan fingerprint density at radius 2 is 1.87 bits per heavy atom. The van der Waals surface area contributed by atoms with Crippen LogP contribution in [-0.2, 0) is 11.3 Å². The summed E-state index contributed by atoms with van der Waals surface area (Å²) in [7, 11) is 0. The van der Waals surface area contributed by atoms with Crippen molar-refractivity contribution in [2.75, 3.05) is 5.32 Å². The number of amides is 1. The quantitative estimate of drug-likeness (QED) is 0.475. The molecule has 0 spiro atoms. The highest BCUT2D eigenvalue weighted by molar-refractivity contribution is 7.22. The number of fused-ring (bicyclic) bond motifs is 2. The highest BCUT2D eigenvalue weighted by atomic mass is 32.1. The third-order valence-corrected chi connectivity index (χ3v) is 5.63. The summed E-state index contributed by atoms with van der Waals surface area (Å²) in [6, 6.07) is 17.2. The molecule has 0 bridgehead atoms. The Kier molecular flexibility index (Phi) is 4.56. The van der Waals surface area contributed by atoms with Gasteiger partial charge < -0.3 is 5.32 Å². The van der Waals surface area contributed by atoms with Gasteiger partial charge in [-0.2, -0.15) is 5.10 Å². The summed E-state index contributed by atoms with van der Waals surface area (Å²) in [6.07, 6.45) is 3.10. The molecular formula is C21H16N6O2S. The molecule has 5 rings (SSSR count). The van der Waals surface area contributed by atoms with Crippen LogP contribution in [0.25, 0.3) is 26.9 Å². The van der Waals surface area contributed by atoms with Crippen LogP contribution >= 0.6 is 11.3 Å². The summed E-state index contributed by atoms with van der Waals surface area (Å²) >= 11 is 1.42. The minimum atomic E-state index is -0.227. The fourth-order valence-electron chi connectivity index (χ4n) is 3.20. The molecule has 0 saturated heterocycles. The van der Waals surface area contributed by atoms with Gasteiger partial charge in [-0.05, 0) is 24.3 Å². The van der Waals surface area contributed by atoms with Gasteiger partial charge in [0.25, 0.3) is 5.56 Å². The van der Waals surface area contributed by atoms with Gasteiger partial charge in [0.05, 0.1) is 28.4 Å². The van der Waals surface area contributed by atoms with Gasteiger partial charge in [0.2, 0.25) is 5.91 Å². The Balaban J connectivity index is 1.32. The lowest BCUT2D eigenvalue weighted by Gasteiger charge is -2.06. The second kappa shape index (κ2) is 7.53. The molecule has 0 atom stereocenters. The maximum absolute atomic E-state index is 12.8. The van der Waals surface area contributed by atoms with Gasteiger partial charge in [0.1, 0.15) is 5.39 Å². The smallest absolute Gasteiger partial charge is 0.264 e. The van der Waals surface area contributed by atoms with E-state index in [4.69, 9.17) is 0 Å². The van der Waals surface area contributed by atoms with E-state index in [9.17, 15) is 9.59 Å². The number of aromatic nitrogens is 5. The first-order valence-corrected chi connectivity index (χ1v) is 10.1. The van der Waals surface area contributed by atoms with E-state index in [0.29, 0.717) is 16.2 Å². The molecule has 3 heterocycles. The number of rotatable bonds is 5. The number of hydrogen-bond acceptors (Lipinski definition) is 6. The summed E-state index contributed by atoms with van der Waals surface area (Å²) in [5.41, 5.74) is 1.93. The number of aryl methyl sites for hydroxylation is 1. The number of nitrogens with zero attached hydrogens (tertiary/aromatic N) is 5. The Labute approximate surface area is 174 Å². The molecule has 2 aromatic carbocycles. The summed E-state index contributed by atoms with van der Waals surface area (Å²) < 4.78 is 4.06. The number of para-hydroxylation sites is 2. The molecule has 30 heavy (non-hydrogen) atoms. The lowest BCUT2D eigenvalue weighted by molar-refractivity contribution is -0.116. The first kappa shape index (κ1) is 18.2. The van der Waals surface area contributed by atoms with Crippen molar-refractivity contribution in [1.82, 2.24) is 24.3 Å². The fraction of sp³-hybridized carbons (Fsp3) is 0.0952. The Bertz CT molecular complexity index is 1390. The Morgan fingerprint density at radius 1 is 1.07 bits per heavy atom. The molecule has 0 aliphatic rings. The van der Waals surface area contributed by atoms with Crippen LogP contribution in [0.1, 0.15) is 6.42 Å². The average molecular weight is 416 g/mol. The van der Waals surface area contributed by atoms with Crippen LogP contribution < -0.4 is 10.9 Å². The minimum Gasteiger partial charge on any atom is -0.302 e. The zero-order valence-corrected chi connectivity index (χ0v) is 16.5. The Hall–Kier alpha value is -3.85. The molecule has 1 amide bonds. The predicted octanol–water partition coefficient (Wildman–Crippen LogP) is 3.22. The average Bonchev–Trinajstić information content (AvgIpc) is 3.38. The number of carbonyl (C=O) groups is 1. The first-order chi connectivity index (χ1) is 14.7. The third-order valence-electron chi connectivity index (χ3n) is 4.68. The maximum atomic E-state index is 12.8. The molecule has 0 fully saturated rings. The van der Waals surface area contributed by atoms with Crippen molar-refractivity contribution in [1.29, 1.82) is 0 Å². The molecule has 9 heteroatoms. The standard InChI is InChI=1S/C21H16N6O2S/c28-18(25-21-24-16-8-4-5-9-17(16)30-21)10-11-26-13-22-19-15(20(26)29)12-23-27(19)14-6-2-1-3-7-14/h1-9,12-13H,10-11H2,(H,24,25,28). The van der Waals surface area contributed by atoms with Crippen molar-refractivity contribution < 1.29 is 4.79 Å². The molecule has 0 unspecified atom stereocenters. The zero-order valence-electron chi connectivity index (χ0n) is 15.7. The summed E-state index contributed by atoms with van der Waals surface area (Å²) in [6.45, 7) is 0.217. The molecule has 0 radical (unpaired) electrons. The third kappa shape index (κ3) is 3.35. The van der Waals surface area contributed by atoms with Crippen molar-refractivity contribution >= 4 is 43.6 Å². The second-order valence-electron chi connectivity index (χ2n) is 6.66. The lowest BCUT2D eigenvalue weighted by Crippen LogP contribution is -2.23. The molecule has 0 saturated carbocycles. The topological polar surface area (TPSA) is 94.7 Å². The SMILES string of the molecule is O=C(CCn1cnc2c(cnn2-c2ccccc2)c1=O)Nc1nc2ccccc2s1. The highest BCUT2D eigenvalue weighted by Gasteiger charge is 2.13. The molecule has 0 aliphatic carbocycles. The molecule has 148 valence electrons. The second-order valence-corrected chi connectivity index (χ2v) is 7.69. The molecular weight excluding hydrogens is 400 g/mol. The van der Waals surface area contributed by atoms with E-state index in [1.807, 2.05) is 54.6 Å². The van der Waals surface area contributed by atoms with Crippen molar-refractivity contribution in [3.63, 3.8) is 0 Å². The van der Waals surface area contributed by atoms with Crippen molar-refractivity contribution in [3.05, 3.63) is 77.5 Å². The number of thiazole rings is 1. The monoisotopic (exact) mass is 416 g/mol. The highest BCUT2D eigenvalue weighted by Crippen LogP contribution is 2.25. The van der Waals surface area contributed by atoms with Gasteiger partial charge in [0.15, 0.2) is 10.8 Å². The van der Waals surface area contributed by atoms with Gasteiger partial charge in [-0.15, -0.1) is 0 Å². The number of carbonyl (C=O) groups excluding carboxylic acids is 1. The lowest BCUT2D eigenvalue weighted by atomic mass is 10.3. The van der Waals surface area contributed by atoms with Crippen LogP contribution in [0.4, 0.5) is 5.13 Å². The predicted molar refractivity (Wildman–Crippen MR) is 116 cm³/mol. The van der Waals surface area contributed by atoms with E-state index in [2.05, 4.69) is 20.4 Å². The summed E-state index contributed by atoms with van der Waals surface area (Å²) in [4.78, 5) is 33.9. The van der Waals surface area contributed by atoms with Crippen molar-refractivity contribution in [2.24, 2.45) is 0 Å². The first-order valence-electron chi connectivity index (χ1n) is 9.33. The molecule has 0 aliphatic heterocycles. The van der Waals surface area contributed by atoms with Crippen LogP contribution in [0.3, 0.4) is 0 Å². The molecule has 8 nitrogen and oxygen atoms in total. The van der Waals surface area contributed by atoms with Crippen LogP contribution in [0.15, 0.2) is 71.9 Å². The summed E-state index contributed by atoms with van der Waals surface area (Å²) in [5, 5.41) is 8.05. The van der Waals surface area contributed by atoms with Gasteiger partial charge in [-0.1, -0.05) is 41.7 Å². The van der Waals surface area contributed by atoms with E-state index in [1.165, 1.54) is 28.4 Å². The fourth-order valence-corrected chi connectivity index (χ4v) is 4.08. The van der Waals surface area contributed by atoms with Crippen molar-refractivity contribution in [2.45, 2.75) is 13.0 Å². The van der Waals surface area contributed by atoms with E-state index in [-0.39, 0.29) is 24.4 Å². The van der Waals surface area contributed by atoms with Gasteiger partial charge >= 0.3 is 0 Å².